The zero-order valence-electron chi connectivity index (χ0n) is 10.7. The number of nitrogens with one attached hydrogen (secondary N) is 2. The van der Waals surface area contributed by atoms with Crippen molar-refractivity contribution in [1.29, 1.82) is 0 Å². The number of rotatable bonds is 1. The van der Waals surface area contributed by atoms with Gasteiger partial charge in [0.1, 0.15) is 0 Å². The van der Waals surface area contributed by atoms with Crippen molar-refractivity contribution in [1.82, 2.24) is 10.2 Å². The quantitative estimate of drug-likeness (QED) is 0.789. The second kappa shape index (κ2) is 3.51. The first-order valence-corrected chi connectivity index (χ1v) is 6.10. The molecule has 0 radical (unpaired) electrons. The number of fused-ring (bicyclic) bond motifs is 1. The fraction of sp³-hybridized carbons (Fsp3) is 0.357. The first-order valence-electron chi connectivity index (χ1n) is 6.10. The van der Waals surface area contributed by atoms with Crippen molar-refractivity contribution in [3.8, 4) is 0 Å². The Labute approximate surface area is 107 Å². The Morgan fingerprint density at radius 1 is 1.39 bits per heavy atom. The Morgan fingerprint density at radius 2 is 2.11 bits per heavy atom. The van der Waals surface area contributed by atoms with E-state index < -0.39 is 0 Å². The van der Waals surface area contributed by atoms with Crippen LogP contribution in [0.4, 0.5) is 10.5 Å². The first-order chi connectivity index (χ1) is 8.56. The summed E-state index contributed by atoms with van der Waals surface area (Å²) in [5.74, 6) is 0. The zero-order valence-corrected chi connectivity index (χ0v) is 10.7. The maximum atomic E-state index is 11.8. The highest BCUT2D eigenvalue weighted by atomic mass is 16.2. The molecule has 1 spiro atoms. The molecular formula is C14H17N3O. The minimum Gasteiger partial charge on any atom is -0.388 e. The number of urea groups is 1. The fourth-order valence-corrected chi connectivity index (χ4v) is 2.99. The lowest BCUT2D eigenvalue weighted by Gasteiger charge is -2.30. The van der Waals surface area contributed by atoms with E-state index in [0.29, 0.717) is 0 Å². The monoisotopic (exact) mass is 243 g/mol. The van der Waals surface area contributed by atoms with Gasteiger partial charge in [0.05, 0.1) is 5.54 Å². The molecule has 1 aliphatic carbocycles. The maximum Gasteiger partial charge on any atom is 0.322 e. The normalized spacial score (nSPS) is 25.6. The molecule has 4 nitrogen and oxygen atoms in total. The Hall–Kier alpha value is -1.97. The molecule has 1 unspecified atom stereocenters. The smallest absolute Gasteiger partial charge is 0.322 e. The van der Waals surface area contributed by atoms with E-state index in [0.717, 1.165) is 24.2 Å². The molecule has 1 aromatic carbocycles. The predicted molar refractivity (Wildman–Crippen MR) is 71.6 cm³/mol. The summed E-state index contributed by atoms with van der Waals surface area (Å²) in [4.78, 5) is 13.5. The lowest BCUT2D eigenvalue weighted by atomic mass is 9.92. The van der Waals surface area contributed by atoms with Crippen LogP contribution in [0.5, 0.6) is 0 Å². The summed E-state index contributed by atoms with van der Waals surface area (Å²) in [6.07, 6.45) is 1.69. The first kappa shape index (κ1) is 11.1. The summed E-state index contributed by atoms with van der Waals surface area (Å²) in [6, 6.07) is 6.32. The van der Waals surface area contributed by atoms with Gasteiger partial charge in [0.2, 0.25) is 0 Å². The minimum absolute atomic E-state index is 0.0540. The predicted octanol–water partition coefficient (Wildman–Crippen LogP) is 1.73. The van der Waals surface area contributed by atoms with Crippen LogP contribution in [0, 0.1) is 0 Å². The van der Waals surface area contributed by atoms with Gasteiger partial charge < -0.3 is 15.5 Å². The molecular weight excluding hydrogens is 226 g/mol. The molecule has 1 saturated heterocycles. The molecule has 18 heavy (non-hydrogen) atoms. The SMILES string of the molecule is C=C1NC(=O)N(C)C12Cc1ccc(NC)cc1C2. The third-order valence-corrected chi connectivity index (χ3v) is 4.23. The third kappa shape index (κ3) is 1.29. The summed E-state index contributed by atoms with van der Waals surface area (Å²) >= 11 is 0. The molecule has 1 aromatic rings. The van der Waals surface area contributed by atoms with Crippen molar-refractivity contribution < 1.29 is 4.79 Å². The highest BCUT2D eigenvalue weighted by molar-refractivity contribution is 5.82. The van der Waals surface area contributed by atoms with Crippen LogP contribution in [0.15, 0.2) is 30.5 Å². The molecule has 0 saturated carbocycles. The van der Waals surface area contributed by atoms with Gasteiger partial charge in [0.25, 0.3) is 0 Å². The number of carbonyl (C=O) groups excluding carboxylic acids is 1. The fourth-order valence-electron chi connectivity index (χ4n) is 2.99. The van der Waals surface area contributed by atoms with Crippen molar-refractivity contribution in [3.63, 3.8) is 0 Å². The Balaban J connectivity index is 2.01. The number of hydrogen-bond donors (Lipinski definition) is 2. The largest absolute Gasteiger partial charge is 0.388 e. The van der Waals surface area contributed by atoms with Crippen LogP contribution >= 0.6 is 0 Å². The van der Waals surface area contributed by atoms with E-state index in [4.69, 9.17) is 0 Å². The molecule has 1 fully saturated rings. The maximum absolute atomic E-state index is 11.8. The number of likely N-dealkylation sites (N-methyl/N-ethyl adjacent to an activating group) is 1. The average Bonchev–Trinajstić information content (AvgIpc) is 2.84. The average molecular weight is 243 g/mol. The summed E-state index contributed by atoms with van der Waals surface area (Å²) in [7, 11) is 3.76. The topological polar surface area (TPSA) is 44.4 Å². The second-order valence-corrected chi connectivity index (χ2v) is 5.09. The van der Waals surface area contributed by atoms with Crippen LogP contribution in [-0.4, -0.2) is 30.6 Å². The van der Waals surface area contributed by atoms with Gasteiger partial charge in [-0.1, -0.05) is 12.6 Å². The molecule has 1 atom stereocenters. The van der Waals surface area contributed by atoms with Crippen LogP contribution in [0.1, 0.15) is 11.1 Å². The zero-order chi connectivity index (χ0) is 12.9. The lowest BCUT2D eigenvalue weighted by Crippen LogP contribution is -2.44. The molecule has 3 rings (SSSR count). The van der Waals surface area contributed by atoms with Crippen LogP contribution in [0.25, 0.3) is 0 Å². The van der Waals surface area contributed by atoms with E-state index in [9.17, 15) is 4.79 Å². The van der Waals surface area contributed by atoms with Crippen molar-refractivity contribution in [2.24, 2.45) is 0 Å². The summed E-state index contributed by atoms with van der Waals surface area (Å²) in [5, 5.41) is 5.99. The van der Waals surface area contributed by atoms with E-state index in [1.54, 1.807) is 4.90 Å². The van der Waals surface area contributed by atoms with Gasteiger partial charge in [-0.2, -0.15) is 0 Å². The Morgan fingerprint density at radius 3 is 2.72 bits per heavy atom. The molecule has 1 heterocycles. The Kier molecular flexibility index (Phi) is 2.17. The third-order valence-electron chi connectivity index (χ3n) is 4.23. The molecule has 2 aliphatic rings. The van der Waals surface area contributed by atoms with Gasteiger partial charge in [0.15, 0.2) is 0 Å². The van der Waals surface area contributed by atoms with Crippen molar-refractivity contribution >= 4 is 11.7 Å². The summed E-state index contributed by atoms with van der Waals surface area (Å²) in [5.41, 5.74) is 4.25. The van der Waals surface area contributed by atoms with E-state index in [1.807, 2.05) is 14.1 Å². The molecule has 4 heteroatoms. The molecule has 94 valence electrons. The molecule has 0 aromatic heterocycles. The van der Waals surface area contributed by atoms with Gasteiger partial charge in [-0.05, 0) is 23.3 Å². The molecule has 1 aliphatic heterocycles. The minimum atomic E-state index is -0.272. The number of carbonyl (C=O) groups is 1. The van der Waals surface area contributed by atoms with E-state index in [2.05, 4.69) is 35.4 Å². The summed E-state index contributed by atoms with van der Waals surface area (Å²) in [6.45, 7) is 4.03. The molecule has 2 amide bonds. The number of anilines is 1. The van der Waals surface area contributed by atoms with Crippen molar-refractivity contribution in [2.45, 2.75) is 18.4 Å². The van der Waals surface area contributed by atoms with E-state index >= 15 is 0 Å². The summed E-state index contributed by atoms with van der Waals surface area (Å²) < 4.78 is 0. The number of nitrogens with zero attached hydrogens (tertiary/aromatic N) is 1. The van der Waals surface area contributed by atoms with Crippen molar-refractivity contribution in [3.05, 3.63) is 41.6 Å². The molecule has 0 bridgehead atoms. The second-order valence-electron chi connectivity index (χ2n) is 5.09. The van der Waals surface area contributed by atoms with Crippen LogP contribution < -0.4 is 10.6 Å². The van der Waals surface area contributed by atoms with Gasteiger partial charge in [-0.25, -0.2) is 4.79 Å². The van der Waals surface area contributed by atoms with E-state index in [-0.39, 0.29) is 11.6 Å². The lowest BCUT2D eigenvalue weighted by molar-refractivity contribution is 0.190. The highest BCUT2D eigenvalue weighted by Crippen LogP contribution is 2.41. The van der Waals surface area contributed by atoms with Crippen LogP contribution in [0.2, 0.25) is 0 Å². The molecule has 2 N–H and O–H groups in total. The van der Waals surface area contributed by atoms with Crippen LogP contribution in [0.3, 0.4) is 0 Å². The van der Waals surface area contributed by atoms with E-state index in [1.165, 1.54) is 11.1 Å². The van der Waals surface area contributed by atoms with Gasteiger partial charge >= 0.3 is 6.03 Å². The Bertz CT molecular complexity index is 552. The highest BCUT2D eigenvalue weighted by Gasteiger charge is 2.50. The van der Waals surface area contributed by atoms with Crippen molar-refractivity contribution in [2.75, 3.05) is 19.4 Å². The van der Waals surface area contributed by atoms with Gasteiger partial charge in [-0.15, -0.1) is 0 Å². The number of benzene rings is 1. The number of amides is 2. The van der Waals surface area contributed by atoms with Crippen LogP contribution in [-0.2, 0) is 12.8 Å². The van der Waals surface area contributed by atoms with Gasteiger partial charge in [-0.3, -0.25) is 0 Å². The number of hydrogen-bond acceptors (Lipinski definition) is 2. The standard InChI is InChI=1S/C14H17N3O/c1-9-14(17(3)13(18)16-9)7-10-4-5-12(15-2)6-11(10)8-14/h4-6,15H,1,7-8H2,2-3H3,(H,16,18). The van der Waals surface area contributed by atoms with Gasteiger partial charge in [0, 0.05) is 38.3 Å².